The summed E-state index contributed by atoms with van der Waals surface area (Å²) in [6, 6.07) is 12.5. The van der Waals surface area contributed by atoms with Crippen LogP contribution < -0.4 is 10.6 Å². The van der Waals surface area contributed by atoms with Gasteiger partial charge < -0.3 is 10.6 Å². The molecule has 0 saturated heterocycles. The number of halogens is 2. The lowest BCUT2D eigenvalue weighted by Crippen LogP contribution is -2.33. The van der Waals surface area contributed by atoms with Crippen molar-refractivity contribution in [1.29, 1.82) is 0 Å². The Bertz CT molecular complexity index is 1020. The molecule has 2 N–H and O–H groups in total. The minimum Gasteiger partial charge on any atom is -0.343 e. The molecule has 0 atom stereocenters. The molecule has 0 aliphatic carbocycles. The van der Waals surface area contributed by atoms with Gasteiger partial charge in [0.25, 0.3) is 5.91 Å². The second-order valence-electron chi connectivity index (χ2n) is 6.09. The molecule has 0 aliphatic rings. The van der Waals surface area contributed by atoms with Gasteiger partial charge >= 0.3 is 0 Å². The Morgan fingerprint density at radius 2 is 1.93 bits per heavy atom. The van der Waals surface area contributed by atoms with Crippen LogP contribution in [0.25, 0.3) is 0 Å². The summed E-state index contributed by atoms with van der Waals surface area (Å²) in [7, 11) is 0. The van der Waals surface area contributed by atoms with Crippen LogP contribution in [0.2, 0.25) is 10.0 Å². The minimum atomic E-state index is -0.340. The first-order valence-corrected chi connectivity index (χ1v) is 10.0. The summed E-state index contributed by atoms with van der Waals surface area (Å²) < 4.78 is 0. The van der Waals surface area contributed by atoms with Gasteiger partial charge in [-0.05, 0) is 36.2 Å². The Hall–Kier alpha value is -2.41. The summed E-state index contributed by atoms with van der Waals surface area (Å²) in [6.45, 7) is 1.71. The number of carbonyl (C=O) groups is 2. The lowest BCUT2D eigenvalue weighted by atomic mass is 10.1. The highest BCUT2D eigenvalue weighted by Gasteiger charge is 2.12. The lowest BCUT2D eigenvalue weighted by Gasteiger charge is -2.07. The van der Waals surface area contributed by atoms with Crippen LogP contribution in [0.15, 0.2) is 48.7 Å². The molecule has 28 heavy (non-hydrogen) atoms. The number of aromatic nitrogens is 1. The summed E-state index contributed by atoms with van der Waals surface area (Å²) in [5.74, 6) is -0.627. The summed E-state index contributed by atoms with van der Waals surface area (Å²) in [5, 5.41) is 6.95. The van der Waals surface area contributed by atoms with Crippen LogP contribution in [0.4, 0.5) is 5.13 Å². The standard InChI is InChI=1S/C20H17Cl2N3O2S/c1-12-4-2-3-5-16(12)19(27)23-11-18(26)25-20-24-10-15(28-20)8-13-6-7-14(21)9-17(13)22/h2-7,9-10H,8,11H2,1H3,(H,23,27)(H,24,25,26). The molecule has 5 nitrogen and oxygen atoms in total. The number of rotatable bonds is 6. The molecule has 0 spiro atoms. The van der Waals surface area contributed by atoms with Crippen LogP contribution in [0.5, 0.6) is 0 Å². The van der Waals surface area contributed by atoms with Crippen molar-refractivity contribution in [2.45, 2.75) is 13.3 Å². The maximum absolute atomic E-state index is 12.2. The third-order valence-electron chi connectivity index (χ3n) is 3.98. The Balaban J connectivity index is 1.54. The van der Waals surface area contributed by atoms with E-state index in [2.05, 4.69) is 15.6 Å². The van der Waals surface area contributed by atoms with Gasteiger partial charge in [-0.15, -0.1) is 11.3 Å². The predicted molar refractivity (Wildman–Crippen MR) is 114 cm³/mol. The van der Waals surface area contributed by atoms with Gasteiger partial charge in [-0.25, -0.2) is 4.98 Å². The van der Waals surface area contributed by atoms with Crippen molar-refractivity contribution in [3.63, 3.8) is 0 Å². The number of thiazole rings is 1. The van der Waals surface area contributed by atoms with Gasteiger partial charge in [0, 0.05) is 33.1 Å². The normalized spacial score (nSPS) is 10.5. The Labute approximate surface area is 176 Å². The van der Waals surface area contributed by atoms with Crippen LogP contribution >= 0.6 is 34.5 Å². The van der Waals surface area contributed by atoms with Crippen molar-refractivity contribution < 1.29 is 9.59 Å². The zero-order chi connectivity index (χ0) is 20.1. The van der Waals surface area contributed by atoms with Crippen LogP contribution in [-0.2, 0) is 11.2 Å². The lowest BCUT2D eigenvalue weighted by molar-refractivity contribution is -0.115. The van der Waals surface area contributed by atoms with E-state index in [0.29, 0.717) is 27.2 Å². The fourth-order valence-corrected chi connectivity index (χ4v) is 3.87. The Morgan fingerprint density at radius 1 is 1.14 bits per heavy atom. The molecule has 144 valence electrons. The number of amides is 2. The van der Waals surface area contributed by atoms with Crippen LogP contribution in [-0.4, -0.2) is 23.3 Å². The molecule has 2 aromatic carbocycles. The smallest absolute Gasteiger partial charge is 0.251 e. The molecule has 0 unspecified atom stereocenters. The number of hydrogen-bond acceptors (Lipinski definition) is 4. The van der Waals surface area contributed by atoms with E-state index in [1.807, 2.05) is 25.1 Å². The Kier molecular flexibility index (Phi) is 6.67. The van der Waals surface area contributed by atoms with Gasteiger partial charge in [0.1, 0.15) is 0 Å². The molecule has 0 aliphatic heterocycles. The van der Waals surface area contributed by atoms with Crippen molar-refractivity contribution in [3.8, 4) is 0 Å². The molecule has 1 heterocycles. The second-order valence-corrected chi connectivity index (χ2v) is 8.05. The maximum atomic E-state index is 12.2. The summed E-state index contributed by atoms with van der Waals surface area (Å²) >= 11 is 13.5. The Morgan fingerprint density at radius 3 is 2.68 bits per heavy atom. The molecule has 3 aromatic rings. The van der Waals surface area contributed by atoms with Gasteiger partial charge in [-0.2, -0.15) is 0 Å². The van der Waals surface area contributed by atoms with E-state index in [4.69, 9.17) is 23.2 Å². The number of carbonyl (C=O) groups excluding carboxylic acids is 2. The topological polar surface area (TPSA) is 71.1 Å². The zero-order valence-electron chi connectivity index (χ0n) is 15.0. The molecule has 1 aromatic heterocycles. The quantitative estimate of drug-likeness (QED) is 0.590. The molecule has 2 amide bonds. The van der Waals surface area contributed by atoms with Crippen LogP contribution in [0, 0.1) is 6.92 Å². The van der Waals surface area contributed by atoms with Gasteiger partial charge in [0.05, 0.1) is 6.54 Å². The molecular formula is C20H17Cl2N3O2S. The number of aryl methyl sites for hydroxylation is 1. The average Bonchev–Trinajstić information content (AvgIpc) is 3.09. The van der Waals surface area contributed by atoms with E-state index >= 15 is 0 Å². The summed E-state index contributed by atoms with van der Waals surface area (Å²) in [5.41, 5.74) is 2.33. The van der Waals surface area contributed by atoms with Crippen molar-refractivity contribution in [1.82, 2.24) is 10.3 Å². The van der Waals surface area contributed by atoms with E-state index in [9.17, 15) is 9.59 Å². The zero-order valence-corrected chi connectivity index (χ0v) is 17.3. The maximum Gasteiger partial charge on any atom is 0.251 e. The van der Waals surface area contributed by atoms with E-state index in [0.717, 1.165) is 16.0 Å². The van der Waals surface area contributed by atoms with E-state index in [1.165, 1.54) is 11.3 Å². The number of hydrogen-bond donors (Lipinski definition) is 2. The van der Waals surface area contributed by atoms with E-state index in [1.54, 1.807) is 30.5 Å². The SMILES string of the molecule is Cc1ccccc1C(=O)NCC(=O)Nc1ncc(Cc2ccc(Cl)cc2Cl)s1. The fourth-order valence-electron chi connectivity index (χ4n) is 2.55. The molecule has 0 bridgehead atoms. The number of anilines is 1. The first kappa shape index (κ1) is 20.3. The molecule has 3 rings (SSSR count). The van der Waals surface area contributed by atoms with Crippen molar-refractivity contribution >= 4 is 51.5 Å². The summed E-state index contributed by atoms with van der Waals surface area (Å²) in [6.07, 6.45) is 2.28. The van der Waals surface area contributed by atoms with Gasteiger partial charge in [-0.3, -0.25) is 9.59 Å². The highest BCUT2D eigenvalue weighted by Crippen LogP contribution is 2.26. The summed E-state index contributed by atoms with van der Waals surface area (Å²) in [4.78, 5) is 29.4. The van der Waals surface area contributed by atoms with E-state index < -0.39 is 0 Å². The third-order valence-corrected chi connectivity index (χ3v) is 5.48. The highest BCUT2D eigenvalue weighted by molar-refractivity contribution is 7.15. The number of nitrogens with zero attached hydrogens (tertiary/aromatic N) is 1. The van der Waals surface area contributed by atoms with Gasteiger partial charge in [-0.1, -0.05) is 47.5 Å². The monoisotopic (exact) mass is 433 g/mol. The first-order valence-electron chi connectivity index (χ1n) is 8.44. The van der Waals surface area contributed by atoms with E-state index in [-0.39, 0.29) is 18.4 Å². The predicted octanol–water partition coefficient (Wildman–Crippen LogP) is 4.72. The molecule has 0 fully saturated rings. The average molecular weight is 434 g/mol. The van der Waals surface area contributed by atoms with Gasteiger partial charge in [0.2, 0.25) is 5.91 Å². The van der Waals surface area contributed by atoms with Crippen molar-refractivity contribution in [3.05, 3.63) is 80.3 Å². The molecule has 0 saturated carbocycles. The molecule has 0 radical (unpaired) electrons. The van der Waals surface area contributed by atoms with Crippen molar-refractivity contribution in [2.75, 3.05) is 11.9 Å². The number of benzene rings is 2. The third kappa shape index (κ3) is 5.32. The highest BCUT2D eigenvalue weighted by atomic mass is 35.5. The van der Waals surface area contributed by atoms with Crippen LogP contribution in [0.1, 0.15) is 26.4 Å². The van der Waals surface area contributed by atoms with Crippen LogP contribution in [0.3, 0.4) is 0 Å². The minimum absolute atomic E-state index is 0.134. The number of nitrogens with one attached hydrogen (secondary N) is 2. The van der Waals surface area contributed by atoms with Crippen molar-refractivity contribution in [2.24, 2.45) is 0 Å². The second kappa shape index (κ2) is 9.19. The molecular weight excluding hydrogens is 417 g/mol. The first-order chi connectivity index (χ1) is 13.4. The fraction of sp³-hybridized carbons (Fsp3) is 0.150. The van der Waals surface area contributed by atoms with Gasteiger partial charge in [0.15, 0.2) is 5.13 Å². The largest absolute Gasteiger partial charge is 0.343 e. The molecule has 8 heteroatoms.